The molecule has 0 radical (unpaired) electrons. The van der Waals surface area contributed by atoms with Gasteiger partial charge in [-0.3, -0.25) is 0 Å². The number of hydrogen-bond donors (Lipinski definition) is 12. The van der Waals surface area contributed by atoms with Gasteiger partial charge in [-0.1, -0.05) is 36.5 Å². The maximum Gasteiger partial charge on any atom is 0.171 e. The second-order valence-corrected chi connectivity index (χ2v) is 5.64. The molecule has 18 heteroatoms. The van der Waals surface area contributed by atoms with Crippen LogP contribution in [-0.4, -0.2) is 99.0 Å². The van der Waals surface area contributed by atoms with Gasteiger partial charge in [0.2, 0.25) is 0 Å². The fraction of sp³-hybridized carbons (Fsp3) is 0.500. The summed E-state index contributed by atoms with van der Waals surface area (Å²) < 4.78 is 0. The van der Waals surface area contributed by atoms with Crippen LogP contribution in [0.15, 0.2) is 72.9 Å². The van der Waals surface area contributed by atoms with Gasteiger partial charge < -0.3 is 83.2 Å². The summed E-state index contributed by atoms with van der Waals surface area (Å²) in [6, 6.07) is 0. The first-order valence-electron chi connectivity index (χ1n) is 10.6. The summed E-state index contributed by atoms with van der Waals surface area (Å²) in [7, 11) is 0. The van der Waals surface area contributed by atoms with Gasteiger partial charge in [0, 0.05) is 79.9 Å². The maximum absolute atomic E-state index is 8.02. The Morgan fingerprint density at radius 1 is 0.262 bits per heavy atom. The van der Waals surface area contributed by atoms with E-state index in [9.17, 15) is 0 Å². The molecular formula is C24H60Gd2O16+4. The van der Waals surface area contributed by atoms with Crippen LogP contribution in [0, 0.1) is 79.9 Å². The summed E-state index contributed by atoms with van der Waals surface area (Å²) in [5, 5.41) is 96.3. The molecule has 0 fully saturated rings. The predicted octanol–water partition coefficient (Wildman–Crippen LogP) is -4.45. The number of allylic oxidation sites excluding steroid dienone is 6. The molecule has 0 atom stereocenters. The van der Waals surface area contributed by atoms with Crippen LogP contribution in [0.3, 0.4) is 0 Å². The van der Waals surface area contributed by atoms with Crippen molar-refractivity contribution in [2.45, 2.75) is 79.3 Å². The molecule has 0 aromatic heterocycles. The average Bonchev–Trinajstić information content (AvgIpc) is 2.69. The molecule has 264 valence electrons. The van der Waals surface area contributed by atoms with Gasteiger partial charge in [0.15, 0.2) is 37.7 Å². The van der Waals surface area contributed by atoms with Crippen LogP contribution in [0.25, 0.3) is 0 Å². The van der Waals surface area contributed by atoms with Gasteiger partial charge in [0.25, 0.3) is 0 Å². The SMILES string of the molecule is CC=CC(O)O.CC=CC(O)O.CC=CC(O)O.CC=CC(O)O.CC=CC(O)O.CC=CC(O)O.[Gd].[Gd].[OH3+].[OH3+].[OH3+].[OH3+]. The Morgan fingerprint density at radius 3 is 0.333 bits per heavy atom. The first kappa shape index (κ1) is 78.7. The Bertz CT molecular complexity index is 427. The van der Waals surface area contributed by atoms with E-state index < -0.39 is 37.7 Å². The van der Waals surface area contributed by atoms with E-state index in [4.69, 9.17) is 61.3 Å². The Labute approximate surface area is 312 Å². The van der Waals surface area contributed by atoms with E-state index in [1.165, 1.54) is 36.5 Å². The zero-order valence-corrected chi connectivity index (χ0v) is 29.3. The van der Waals surface area contributed by atoms with E-state index in [1.54, 1.807) is 78.0 Å². The monoisotopic (exact) mass is 920 g/mol. The molecule has 24 N–H and O–H groups in total. The zero-order valence-electron chi connectivity index (χ0n) is 24.8. The minimum atomic E-state index is -1.28. The first-order valence-corrected chi connectivity index (χ1v) is 10.6. The fourth-order valence-electron chi connectivity index (χ4n) is 1.03. The minimum Gasteiger partial charge on any atom is -0.457 e. The summed E-state index contributed by atoms with van der Waals surface area (Å²) in [4.78, 5) is 0. The Kier molecular flexibility index (Phi) is 137. The quantitative estimate of drug-likeness (QED) is 0.0683. The molecule has 0 amide bonds. The molecule has 0 rings (SSSR count). The Hall–Kier alpha value is 0.449. The largest absolute Gasteiger partial charge is 0.457 e. The number of hydrogen-bond acceptors (Lipinski definition) is 12. The van der Waals surface area contributed by atoms with Gasteiger partial charge in [-0.25, -0.2) is 0 Å². The molecular weight excluding hydrogens is 859 g/mol. The van der Waals surface area contributed by atoms with Gasteiger partial charge in [-0.15, -0.1) is 0 Å². The van der Waals surface area contributed by atoms with E-state index in [0.717, 1.165) is 0 Å². The van der Waals surface area contributed by atoms with E-state index in [1.807, 2.05) is 0 Å². The second-order valence-electron chi connectivity index (χ2n) is 5.64. The van der Waals surface area contributed by atoms with Crippen LogP contribution >= 0.6 is 0 Å². The maximum atomic E-state index is 8.02. The average molecular weight is 919 g/mol. The molecule has 0 aliphatic heterocycles. The molecule has 0 aliphatic rings. The van der Waals surface area contributed by atoms with Crippen LogP contribution < -0.4 is 0 Å². The van der Waals surface area contributed by atoms with Gasteiger partial charge in [-0.05, 0) is 78.0 Å². The topological polar surface area (TPSA) is 375 Å². The molecule has 0 aromatic carbocycles. The van der Waals surface area contributed by atoms with Gasteiger partial charge in [0.05, 0.1) is 0 Å². The molecule has 16 nitrogen and oxygen atoms in total. The van der Waals surface area contributed by atoms with E-state index in [0.29, 0.717) is 0 Å². The van der Waals surface area contributed by atoms with Crippen LogP contribution in [-0.2, 0) is 21.9 Å². The third-order valence-electron chi connectivity index (χ3n) is 2.19. The van der Waals surface area contributed by atoms with Gasteiger partial charge in [-0.2, -0.15) is 0 Å². The normalized spacial score (nSPS) is 9.71. The summed E-state index contributed by atoms with van der Waals surface area (Å²) >= 11 is 0. The zero-order chi connectivity index (χ0) is 29.9. The number of aliphatic hydroxyl groups is 12. The molecule has 0 aromatic rings. The van der Waals surface area contributed by atoms with Crippen molar-refractivity contribution < 1.29 is 163 Å². The van der Waals surface area contributed by atoms with Crippen LogP contribution in [0.5, 0.6) is 0 Å². The van der Waals surface area contributed by atoms with Gasteiger partial charge in [0.1, 0.15) is 0 Å². The molecule has 0 bridgehead atoms. The fourth-order valence-corrected chi connectivity index (χ4v) is 1.03. The predicted molar refractivity (Wildman–Crippen MR) is 158 cm³/mol. The number of aliphatic hydroxyl groups excluding tert-OH is 6. The van der Waals surface area contributed by atoms with Crippen molar-refractivity contribution in [3.8, 4) is 0 Å². The third-order valence-corrected chi connectivity index (χ3v) is 2.19. The summed E-state index contributed by atoms with van der Waals surface area (Å²) in [5.41, 5.74) is 0. The van der Waals surface area contributed by atoms with Crippen LogP contribution in [0.4, 0.5) is 0 Å². The Morgan fingerprint density at radius 2 is 0.333 bits per heavy atom. The summed E-state index contributed by atoms with van der Waals surface area (Å²) in [5.74, 6) is 0. The van der Waals surface area contributed by atoms with Gasteiger partial charge >= 0.3 is 0 Å². The number of rotatable bonds is 6. The summed E-state index contributed by atoms with van der Waals surface area (Å²) in [6.45, 7) is 10.3. The third kappa shape index (κ3) is 185. The molecule has 0 heterocycles. The van der Waals surface area contributed by atoms with Crippen LogP contribution in [0.2, 0.25) is 0 Å². The van der Waals surface area contributed by atoms with Crippen molar-refractivity contribution in [2.24, 2.45) is 0 Å². The van der Waals surface area contributed by atoms with Crippen molar-refractivity contribution in [1.29, 1.82) is 0 Å². The molecule has 0 saturated carbocycles. The standard InChI is InChI=1S/6C4H8O2.2Gd.4H2O/c6*1-2-3-4(5)6;;;;;;/h6*2-6H,1H3;;;4*1H2/p+4. The van der Waals surface area contributed by atoms with Crippen LogP contribution in [0.1, 0.15) is 41.5 Å². The van der Waals surface area contributed by atoms with Crippen molar-refractivity contribution >= 4 is 0 Å². The molecule has 0 spiro atoms. The Balaban J connectivity index is -0.0000000250. The smallest absolute Gasteiger partial charge is 0.171 e. The molecule has 0 unspecified atom stereocenters. The van der Waals surface area contributed by atoms with E-state index >= 15 is 0 Å². The van der Waals surface area contributed by atoms with E-state index in [2.05, 4.69) is 0 Å². The molecule has 42 heavy (non-hydrogen) atoms. The van der Waals surface area contributed by atoms with Crippen molar-refractivity contribution in [3.05, 3.63) is 72.9 Å². The first-order chi connectivity index (χ1) is 16.6. The van der Waals surface area contributed by atoms with E-state index in [-0.39, 0.29) is 102 Å². The summed E-state index contributed by atoms with van der Waals surface area (Å²) in [6.07, 6.45) is 9.42. The molecule has 0 saturated heterocycles. The second kappa shape index (κ2) is 73.1. The molecule has 0 aliphatic carbocycles. The van der Waals surface area contributed by atoms with Crippen molar-refractivity contribution in [3.63, 3.8) is 0 Å². The minimum absolute atomic E-state index is 0. The van der Waals surface area contributed by atoms with Crippen molar-refractivity contribution in [2.75, 3.05) is 0 Å². The van der Waals surface area contributed by atoms with Crippen molar-refractivity contribution in [1.82, 2.24) is 0 Å².